The summed E-state index contributed by atoms with van der Waals surface area (Å²) in [4.78, 5) is 38.0. The van der Waals surface area contributed by atoms with Crippen molar-refractivity contribution in [3.63, 3.8) is 0 Å². The summed E-state index contributed by atoms with van der Waals surface area (Å²) in [5, 5.41) is 9.20. The molecule has 1 aliphatic heterocycles. The summed E-state index contributed by atoms with van der Waals surface area (Å²) in [7, 11) is 3.86. The van der Waals surface area contributed by atoms with E-state index in [1.165, 1.54) is 12.2 Å². The first kappa shape index (κ1) is 31.1. The number of nitrogens with one attached hydrogen (secondary N) is 3. The molecule has 34 heavy (non-hydrogen) atoms. The Morgan fingerprint density at radius 1 is 1.09 bits per heavy atom. The van der Waals surface area contributed by atoms with Gasteiger partial charge in [0.25, 0.3) is 0 Å². The van der Waals surface area contributed by atoms with Crippen molar-refractivity contribution in [2.24, 2.45) is 5.73 Å². The van der Waals surface area contributed by atoms with Gasteiger partial charge in [-0.15, -0.1) is 0 Å². The van der Waals surface area contributed by atoms with E-state index in [0.717, 1.165) is 19.3 Å². The average molecular weight is 519 g/mol. The molecule has 1 heterocycles. The highest BCUT2D eigenvalue weighted by atomic mass is 33.1. The topological polar surface area (TPSA) is 123 Å². The molecular formula is C24H46N4O4S2. The lowest BCUT2D eigenvalue weighted by Gasteiger charge is -2.33. The summed E-state index contributed by atoms with van der Waals surface area (Å²) >= 11 is 0. The minimum absolute atomic E-state index is 0.0913. The molecule has 10 heteroatoms. The van der Waals surface area contributed by atoms with Crippen LogP contribution in [0.5, 0.6) is 0 Å². The number of unbranched alkanes of at least 4 members (excludes halogenated alkanes) is 1. The van der Waals surface area contributed by atoms with Crippen LogP contribution in [0.1, 0.15) is 86.5 Å². The van der Waals surface area contributed by atoms with Crippen LogP contribution in [0.4, 0.5) is 0 Å². The molecule has 1 rings (SSSR count). The van der Waals surface area contributed by atoms with Crippen LogP contribution < -0.4 is 21.7 Å². The lowest BCUT2D eigenvalue weighted by Crippen LogP contribution is -2.54. The van der Waals surface area contributed by atoms with Crippen molar-refractivity contribution in [3.05, 3.63) is 0 Å². The van der Waals surface area contributed by atoms with E-state index >= 15 is 0 Å². The van der Waals surface area contributed by atoms with Crippen molar-refractivity contribution in [3.8, 4) is 0 Å². The van der Waals surface area contributed by atoms with E-state index in [0.29, 0.717) is 31.2 Å². The Labute approximate surface area is 213 Å². The number of nitrogens with two attached hydrogens (primary N) is 1. The van der Waals surface area contributed by atoms with Gasteiger partial charge in [0.05, 0.1) is 24.2 Å². The lowest BCUT2D eigenvalue weighted by molar-refractivity contribution is -0.133. The molecule has 0 aliphatic carbocycles. The molecule has 3 amide bonds. The van der Waals surface area contributed by atoms with E-state index in [4.69, 9.17) is 10.5 Å². The van der Waals surface area contributed by atoms with Gasteiger partial charge in [-0.05, 0) is 73.8 Å². The summed E-state index contributed by atoms with van der Waals surface area (Å²) < 4.78 is 5.95. The molecule has 0 aromatic heterocycles. The predicted molar refractivity (Wildman–Crippen MR) is 143 cm³/mol. The van der Waals surface area contributed by atoms with Crippen molar-refractivity contribution in [1.29, 1.82) is 0 Å². The Bertz CT molecular complexity index is 653. The molecule has 5 N–H and O–H groups in total. The fraction of sp³-hybridized carbons (Fsp3) is 0.875. The summed E-state index contributed by atoms with van der Waals surface area (Å²) in [6.07, 6.45) is 5.05. The van der Waals surface area contributed by atoms with Crippen LogP contribution in [0.2, 0.25) is 0 Å². The maximum atomic E-state index is 12.8. The van der Waals surface area contributed by atoms with Crippen molar-refractivity contribution >= 4 is 39.3 Å². The number of ether oxygens (including phenoxy) is 1. The summed E-state index contributed by atoms with van der Waals surface area (Å²) in [5.74, 6) is 0.344. The monoisotopic (exact) mass is 518 g/mol. The first-order valence-electron chi connectivity index (χ1n) is 12.4. The smallest absolute Gasteiger partial charge is 0.243 e. The van der Waals surface area contributed by atoms with Gasteiger partial charge >= 0.3 is 0 Å². The first-order chi connectivity index (χ1) is 15.8. The molecule has 0 spiro atoms. The molecule has 0 bridgehead atoms. The molecule has 8 nitrogen and oxygen atoms in total. The molecule has 2 atom stereocenters. The third-order valence-electron chi connectivity index (χ3n) is 5.43. The third-order valence-corrected chi connectivity index (χ3v) is 8.43. The van der Waals surface area contributed by atoms with Gasteiger partial charge in [-0.1, -0.05) is 28.0 Å². The van der Waals surface area contributed by atoms with Crippen molar-refractivity contribution in [2.45, 2.75) is 115 Å². The highest BCUT2D eigenvalue weighted by Gasteiger charge is 2.29. The highest BCUT2D eigenvalue weighted by Crippen LogP contribution is 2.39. The van der Waals surface area contributed by atoms with E-state index in [1.54, 1.807) is 0 Å². The summed E-state index contributed by atoms with van der Waals surface area (Å²) in [6.45, 7) is 12.2. The Kier molecular flexibility index (Phi) is 13.9. The maximum absolute atomic E-state index is 12.8. The summed E-state index contributed by atoms with van der Waals surface area (Å²) in [5.41, 5.74) is 4.61. The Morgan fingerprint density at radius 2 is 1.79 bits per heavy atom. The first-order valence-corrected chi connectivity index (χ1v) is 14.7. The Balaban J connectivity index is 2.57. The second-order valence-electron chi connectivity index (χ2n) is 10.6. The largest absolute Gasteiger partial charge is 0.373 e. The SMILES string of the molecule is CC(C)NC(=O)[C@H](CC(=O)NC(C)(C)COC(C)(C)CCN)NC(=O)CCCCC1CCSS1. The average Bonchev–Trinajstić information content (AvgIpc) is 3.22. The van der Waals surface area contributed by atoms with E-state index in [2.05, 4.69) is 16.0 Å². The molecule has 1 fully saturated rings. The number of hydrogen-bond donors (Lipinski definition) is 4. The van der Waals surface area contributed by atoms with Gasteiger partial charge < -0.3 is 26.4 Å². The zero-order valence-corrected chi connectivity index (χ0v) is 23.5. The van der Waals surface area contributed by atoms with Gasteiger partial charge in [-0.3, -0.25) is 14.4 Å². The van der Waals surface area contributed by atoms with Crippen LogP contribution in [0.3, 0.4) is 0 Å². The van der Waals surface area contributed by atoms with Crippen molar-refractivity contribution < 1.29 is 19.1 Å². The second kappa shape index (κ2) is 15.2. The molecule has 0 aromatic carbocycles. The number of rotatable bonds is 16. The van der Waals surface area contributed by atoms with Gasteiger partial charge in [0.1, 0.15) is 6.04 Å². The molecule has 0 saturated carbocycles. The Morgan fingerprint density at radius 3 is 2.38 bits per heavy atom. The van der Waals surface area contributed by atoms with Gasteiger partial charge in [0.2, 0.25) is 17.7 Å². The minimum atomic E-state index is -0.915. The van der Waals surface area contributed by atoms with E-state index < -0.39 is 11.6 Å². The molecule has 1 unspecified atom stereocenters. The molecular weight excluding hydrogens is 472 g/mol. The molecule has 0 radical (unpaired) electrons. The lowest BCUT2D eigenvalue weighted by atomic mass is 10.0. The van der Waals surface area contributed by atoms with Crippen LogP contribution in [-0.4, -0.2) is 65.1 Å². The molecule has 1 saturated heterocycles. The quantitative estimate of drug-likeness (QED) is 0.183. The highest BCUT2D eigenvalue weighted by molar-refractivity contribution is 8.77. The van der Waals surface area contributed by atoms with Crippen LogP contribution in [0.25, 0.3) is 0 Å². The number of carbonyl (C=O) groups excluding carboxylic acids is 3. The van der Waals surface area contributed by atoms with Crippen molar-refractivity contribution in [2.75, 3.05) is 18.9 Å². The summed E-state index contributed by atoms with van der Waals surface area (Å²) in [6, 6.07) is -1.01. The maximum Gasteiger partial charge on any atom is 0.243 e. The molecule has 0 aromatic rings. The normalized spacial score (nSPS) is 17.5. The zero-order valence-electron chi connectivity index (χ0n) is 21.8. The van der Waals surface area contributed by atoms with E-state index in [-0.39, 0.29) is 35.8 Å². The van der Waals surface area contributed by atoms with Crippen LogP contribution in [0.15, 0.2) is 0 Å². The van der Waals surface area contributed by atoms with Crippen molar-refractivity contribution in [1.82, 2.24) is 16.0 Å². The van der Waals surface area contributed by atoms with Crippen LogP contribution in [0, 0.1) is 0 Å². The van der Waals surface area contributed by atoms with Crippen LogP contribution in [-0.2, 0) is 19.1 Å². The number of hydrogen-bond acceptors (Lipinski definition) is 7. The molecule has 198 valence electrons. The number of amides is 3. The van der Waals surface area contributed by atoms with E-state index in [9.17, 15) is 14.4 Å². The number of carbonyl (C=O) groups is 3. The minimum Gasteiger partial charge on any atom is -0.373 e. The zero-order chi connectivity index (χ0) is 25.8. The fourth-order valence-electron chi connectivity index (χ4n) is 3.53. The predicted octanol–water partition coefficient (Wildman–Crippen LogP) is 3.14. The Hall–Kier alpha value is -0.970. The fourth-order valence-corrected chi connectivity index (χ4v) is 6.56. The van der Waals surface area contributed by atoms with Gasteiger partial charge in [-0.2, -0.15) is 0 Å². The molecule has 1 aliphatic rings. The van der Waals surface area contributed by atoms with Gasteiger partial charge in [0.15, 0.2) is 0 Å². The van der Waals surface area contributed by atoms with E-state index in [1.807, 2.05) is 63.1 Å². The standard InChI is InChI=1S/C24H46N4O4S2/c1-17(2)26-22(31)19(27-20(29)10-8-7-9-18-11-14-33-34-18)15-21(30)28-23(3,4)16-32-24(5,6)12-13-25/h17-19H,7-16,25H2,1-6H3,(H,26,31)(H,27,29)(H,28,30)/t18?,19-/m0/s1. The third kappa shape index (κ3) is 13.8. The van der Waals surface area contributed by atoms with Crippen LogP contribution >= 0.6 is 21.6 Å². The van der Waals surface area contributed by atoms with Gasteiger partial charge in [0, 0.05) is 23.5 Å². The second-order valence-corrected chi connectivity index (χ2v) is 13.4. The van der Waals surface area contributed by atoms with Gasteiger partial charge in [-0.25, -0.2) is 0 Å².